The molecule has 0 unspecified atom stereocenters. The monoisotopic (exact) mass is 381 g/mol. The van der Waals surface area contributed by atoms with Crippen LogP contribution in [0.5, 0.6) is 11.5 Å². The van der Waals surface area contributed by atoms with Crippen LogP contribution in [0.15, 0.2) is 40.9 Å². The van der Waals surface area contributed by atoms with Gasteiger partial charge in [-0.1, -0.05) is 28.1 Å². The third kappa shape index (κ3) is 4.94. The molecule has 0 aliphatic carbocycles. The number of halogens is 2. The van der Waals surface area contributed by atoms with E-state index in [0.717, 1.165) is 21.3 Å². The zero-order valence-electron chi connectivity index (χ0n) is 13.5. The van der Waals surface area contributed by atoms with Crippen LogP contribution in [-0.2, 0) is 13.1 Å². The number of rotatable bonds is 7. The Kier molecular flexibility index (Phi) is 6.42. The molecule has 0 saturated heterocycles. The van der Waals surface area contributed by atoms with Gasteiger partial charge >= 0.3 is 0 Å². The molecule has 0 saturated carbocycles. The summed E-state index contributed by atoms with van der Waals surface area (Å²) in [6, 6.07) is 10.3. The molecule has 0 aliphatic heterocycles. The molecule has 0 fully saturated rings. The minimum Gasteiger partial charge on any atom is -0.493 e. The largest absolute Gasteiger partial charge is 0.493 e. The molecule has 0 atom stereocenters. The number of nitrogens with one attached hydrogen (secondary N) is 1. The van der Waals surface area contributed by atoms with E-state index in [1.165, 1.54) is 12.1 Å². The van der Waals surface area contributed by atoms with E-state index in [-0.39, 0.29) is 11.9 Å². The van der Waals surface area contributed by atoms with Gasteiger partial charge in [-0.05, 0) is 43.7 Å². The maximum Gasteiger partial charge on any atom is 0.167 e. The Labute approximate surface area is 144 Å². The highest BCUT2D eigenvalue weighted by molar-refractivity contribution is 9.10. The summed E-state index contributed by atoms with van der Waals surface area (Å²) in [5.74, 6) is 1.22. The quantitative estimate of drug-likeness (QED) is 0.755. The van der Waals surface area contributed by atoms with Gasteiger partial charge in [-0.2, -0.15) is 0 Å². The summed E-state index contributed by atoms with van der Waals surface area (Å²) >= 11 is 3.57. The van der Waals surface area contributed by atoms with Gasteiger partial charge in [-0.15, -0.1) is 0 Å². The topological polar surface area (TPSA) is 30.5 Å². The Morgan fingerprint density at radius 3 is 2.39 bits per heavy atom. The van der Waals surface area contributed by atoms with Gasteiger partial charge in [-0.3, -0.25) is 0 Å². The summed E-state index contributed by atoms with van der Waals surface area (Å²) in [5, 5.41) is 3.36. The zero-order chi connectivity index (χ0) is 16.8. The maximum absolute atomic E-state index is 12.9. The third-order valence-electron chi connectivity index (χ3n) is 3.28. The van der Waals surface area contributed by atoms with E-state index < -0.39 is 0 Å². The van der Waals surface area contributed by atoms with Crippen molar-refractivity contribution in [1.82, 2.24) is 5.32 Å². The average molecular weight is 382 g/mol. The minimum absolute atomic E-state index is 0.0500. The lowest BCUT2D eigenvalue weighted by molar-refractivity contribution is 0.227. The molecule has 0 heterocycles. The summed E-state index contributed by atoms with van der Waals surface area (Å²) in [6.45, 7) is 5.22. The number of benzene rings is 2. The summed E-state index contributed by atoms with van der Waals surface area (Å²) in [6.07, 6.45) is 0.0500. The minimum atomic E-state index is -0.225. The van der Waals surface area contributed by atoms with Crippen molar-refractivity contribution in [3.63, 3.8) is 0 Å². The lowest BCUT2D eigenvalue weighted by Gasteiger charge is -2.19. The van der Waals surface area contributed by atoms with Crippen molar-refractivity contribution in [3.8, 4) is 11.5 Å². The molecular weight excluding hydrogens is 361 g/mol. The molecule has 0 spiro atoms. The lowest BCUT2D eigenvalue weighted by atomic mass is 10.1. The molecule has 2 aromatic carbocycles. The van der Waals surface area contributed by atoms with Crippen molar-refractivity contribution in [2.75, 3.05) is 7.11 Å². The Balaban J connectivity index is 2.12. The number of ether oxygens (including phenoxy) is 2. The highest BCUT2D eigenvalue weighted by atomic mass is 79.9. The van der Waals surface area contributed by atoms with Gasteiger partial charge in [0.25, 0.3) is 0 Å². The first-order chi connectivity index (χ1) is 11.0. The zero-order valence-corrected chi connectivity index (χ0v) is 15.1. The molecule has 2 aromatic rings. The molecule has 1 N–H and O–H groups in total. The molecule has 0 aliphatic rings. The van der Waals surface area contributed by atoms with Crippen LogP contribution >= 0.6 is 15.9 Å². The first kappa shape index (κ1) is 17.8. The predicted molar refractivity (Wildman–Crippen MR) is 93.4 cm³/mol. The fraction of sp³-hybridized carbons (Fsp3) is 0.333. The normalized spacial score (nSPS) is 10.9. The number of methoxy groups -OCH3 is 1. The molecule has 124 valence electrons. The van der Waals surface area contributed by atoms with Gasteiger partial charge in [0, 0.05) is 23.1 Å². The Morgan fingerprint density at radius 1 is 1.09 bits per heavy atom. The van der Waals surface area contributed by atoms with Crippen molar-refractivity contribution < 1.29 is 13.9 Å². The van der Waals surface area contributed by atoms with Crippen LogP contribution in [0.25, 0.3) is 0 Å². The van der Waals surface area contributed by atoms with Gasteiger partial charge in [-0.25, -0.2) is 4.39 Å². The first-order valence-electron chi connectivity index (χ1n) is 7.48. The van der Waals surface area contributed by atoms with E-state index in [1.54, 1.807) is 19.2 Å². The average Bonchev–Trinajstić information content (AvgIpc) is 2.51. The number of hydrogen-bond acceptors (Lipinski definition) is 3. The van der Waals surface area contributed by atoms with Crippen LogP contribution in [0, 0.1) is 5.82 Å². The Hall–Kier alpha value is -1.59. The van der Waals surface area contributed by atoms with Crippen molar-refractivity contribution in [1.29, 1.82) is 0 Å². The smallest absolute Gasteiger partial charge is 0.167 e. The Bertz CT molecular complexity index is 644. The Morgan fingerprint density at radius 2 is 1.78 bits per heavy atom. The molecule has 0 amide bonds. The molecule has 5 heteroatoms. The standard InChI is InChI=1S/C18H21BrFNO2/c1-12(2)23-18-15(16(19)8-9-17(18)22-3)11-21-10-13-4-6-14(20)7-5-13/h4-9,12,21H,10-11H2,1-3H3. The molecule has 0 bridgehead atoms. The summed E-state index contributed by atoms with van der Waals surface area (Å²) in [4.78, 5) is 0. The molecule has 2 rings (SSSR count). The molecule has 0 radical (unpaired) electrons. The molecule has 3 nitrogen and oxygen atoms in total. The number of hydrogen-bond donors (Lipinski definition) is 1. The van der Waals surface area contributed by atoms with E-state index in [9.17, 15) is 4.39 Å². The highest BCUT2D eigenvalue weighted by Crippen LogP contribution is 2.36. The fourth-order valence-corrected chi connectivity index (χ4v) is 2.66. The predicted octanol–water partition coefficient (Wildman–Crippen LogP) is 4.67. The first-order valence-corrected chi connectivity index (χ1v) is 8.27. The van der Waals surface area contributed by atoms with Crippen LogP contribution in [0.1, 0.15) is 25.0 Å². The SMILES string of the molecule is COc1ccc(Br)c(CNCc2ccc(F)cc2)c1OC(C)C. The second-order valence-corrected chi connectivity index (χ2v) is 6.31. The van der Waals surface area contributed by atoms with E-state index in [0.29, 0.717) is 18.8 Å². The van der Waals surface area contributed by atoms with E-state index in [4.69, 9.17) is 9.47 Å². The molecular formula is C18H21BrFNO2. The van der Waals surface area contributed by atoms with Crippen LogP contribution in [0.4, 0.5) is 4.39 Å². The third-order valence-corrected chi connectivity index (χ3v) is 4.03. The van der Waals surface area contributed by atoms with Crippen molar-refractivity contribution in [2.24, 2.45) is 0 Å². The van der Waals surface area contributed by atoms with Crippen molar-refractivity contribution in [2.45, 2.75) is 33.0 Å². The second kappa shape index (κ2) is 8.31. The van der Waals surface area contributed by atoms with E-state index in [2.05, 4.69) is 21.2 Å². The van der Waals surface area contributed by atoms with Gasteiger partial charge < -0.3 is 14.8 Å². The van der Waals surface area contributed by atoms with Crippen LogP contribution in [0.3, 0.4) is 0 Å². The summed E-state index contributed by atoms with van der Waals surface area (Å²) < 4.78 is 25.2. The van der Waals surface area contributed by atoms with Crippen molar-refractivity contribution in [3.05, 3.63) is 57.8 Å². The van der Waals surface area contributed by atoms with Crippen LogP contribution in [-0.4, -0.2) is 13.2 Å². The fourth-order valence-electron chi connectivity index (χ4n) is 2.21. The summed E-state index contributed by atoms with van der Waals surface area (Å²) in [7, 11) is 1.63. The van der Waals surface area contributed by atoms with Gasteiger partial charge in [0.1, 0.15) is 5.82 Å². The summed E-state index contributed by atoms with van der Waals surface area (Å²) in [5.41, 5.74) is 2.02. The van der Waals surface area contributed by atoms with Gasteiger partial charge in [0.15, 0.2) is 11.5 Å². The van der Waals surface area contributed by atoms with Crippen LogP contribution in [0.2, 0.25) is 0 Å². The van der Waals surface area contributed by atoms with E-state index >= 15 is 0 Å². The van der Waals surface area contributed by atoms with Crippen molar-refractivity contribution >= 4 is 15.9 Å². The van der Waals surface area contributed by atoms with Gasteiger partial charge in [0.2, 0.25) is 0 Å². The molecule has 0 aromatic heterocycles. The lowest BCUT2D eigenvalue weighted by Crippen LogP contribution is -2.16. The van der Waals surface area contributed by atoms with Crippen LogP contribution < -0.4 is 14.8 Å². The highest BCUT2D eigenvalue weighted by Gasteiger charge is 2.15. The van der Waals surface area contributed by atoms with Gasteiger partial charge in [0.05, 0.1) is 13.2 Å². The second-order valence-electron chi connectivity index (χ2n) is 5.45. The molecule has 23 heavy (non-hydrogen) atoms. The van der Waals surface area contributed by atoms with E-state index in [1.807, 2.05) is 26.0 Å². The maximum atomic E-state index is 12.9.